The molecule has 3 nitrogen and oxygen atoms in total. The first kappa shape index (κ1) is 20.3. The van der Waals surface area contributed by atoms with Gasteiger partial charge in [0, 0.05) is 45.2 Å². The minimum Gasteiger partial charge on any atom is -0.497 e. The van der Waals surface area contributed by atoms with Gasteiger partial charge < -0.3 is 4.74 Å². The Morgan fingerprint density at radius 1 is 0.839 bits per heavy atom. The number of methoxy groups -OCH3 is 1. The van der Waals surface area contributed by atoms with E-state index in [0.29, 0.717) is 11.8 Å². The van der Waals surface area contributed by atoms with E-state index in [0.717, 1.165) is 45.0 Å². The molecule has 0 aliphatic carbocycles. The second-order valence-electron chi connectivity index (χ2n) is 9.08. The Balaban J connectivity index is 1.34. The van der Waals surface area contributed by atoms with Crippen LogP contribution in [0.3, 0.4) is 0 Å². The summed E-state index contributed by atoms with van der Waals surface area (Å²) in [5.41, 5.74) is 5.85. The first-order chi connectivity index (χ1) is 15.3. The number of rotatable bonds is 6. The summed E-state index contributed by atoms with van der Waals surface area (Å²) in [5, 5.41) is 0. The summed E-state index contributed by atoms with van der Waals surface area (Å²) in [5.74, 6) is 2.13. The molecule has 0 radical (unpaired) electrons. The highest BCUT2D eigenvalue weighted by atomic mass is 16.5. The van der Waals surface area contributed by atoms with Crippen LogP contribution in [-0.4, -0.2) is 43.1 Å². The number of hydrogen-bond donors (Lipinski definition) is 0. The fourth-order valence-electron chi connectivity index (χ4n) is 5.41. The molecule has 2 unspecified atom stereocenters. The van der Waals surface area contributed by atoms with Crippen molar-refractivity contribution >= 4 is 0 Å². The van der Waals surface area contributed by atoms with E-state index in [1.165, 1.54) is 28.7 Å². The zero-order chi connectivity index (χ0) is 21.0. The third kappa shape index (κ3) is 4.68. The predicted octanol–water partition coefficient (Wildman–Crippen LogP) is 4.97. The van der Waals surface area contributed by atoms with Crippen LogP contribution in [-0.2, 0) is 19.5 Å². The molecule has 0 bridgehead atoms. The maximum absolute atomic E-state index is 5.54. The van der Waals surface area contributed by atoms with Gasteiger partial charge >= 0.3 is 0 Å². The van der Waals surface area contributed by atoms with Crippen molar-refractivity contribution < 1.29 is 4.74 Å². The highest BCUT2D eigenvalue weighted by Gasteiger charge is 2.35. The Kier molecular flexibility index (Phi) is 6.06. The molecule has 3 aromatic carbocycles. The number of hydrogen-bond acceptors (Lipinski definition) is 3. The van der Waals surface area contributed by atoms with E-state index in [4.69, 9.17) is 4.74 Å². The highest BCUT2D eigenvalue weighted by molar-refractivity contribution is 5.33. The molecule has 2 heterocycles. The Bertz CT molecular complexity index is 1000. The lowest BCUT2D eigenvalue weighted by Crippen LogP contribution is -2.36. The molecule has 31 heavy (non-hydrogen) atoms. The van der Waals surface area contributed by atoms with Crippen molar-refractivity contribution in [2.75, 3.05) is 33.3 Å². The van der Waals surface area contributed by atoms with Gasteiger partial charge in [-0.3, -0.25) is 9.80 Å². The fraction of sp³-hybridized carbons (Fsp3) is 0.357. The van der Waals surface area contributed by atoms with Gasteiger partial charge in [-0.1, -0.05) is 66.7 Å². The Hall–Kier alpha value is -2.62. The number of fused-ring (bicyclic) bond motifs is 1. The molecule has 0 saturated carbocycles. The van der Waals surface area contributed by atoms with Gasteiger partial charge in [0.15, 0.2) is 0 Å². The van der Waals surface area contributed by atoms with E-state index in [1.807, 2.05) is 0 Å². The average molecular weight is 413 g/mol. The van der Waals surface area contributed by atoms with Gasteiger partial charge in [0.1, 0.15) is 5.75 Å². The number of benzene rings is 3. The minimum absolute atomic E-state index is 0.538. The second-order valence-corrected chi connectivity index (χ2v) is 9.08. The van der Waals surface area contributed by atoms with Crippen molar-refractivity contribution in [3.05, 3.63) is 101 Å². The van der Waals surface area contributed by atoms with Crippen LogP contribution in [0.15, 0.2) is 78.9 Å². The lowest BCUT2D eigenvalue weighted by Gasteiger charge is -2.32. The highest BCUT2D eigenvalue weighted by Crippen LogP contribution is 2.36. The smallest absolute Gasteiger partial charge is 0.119 e. The lowest BCUT2D eigenvalue weighted by molar-refractivity contribution is 0.204. The predicted molar refractivity (Wildman–Crippen MR) is 126 cm³/mol. The maximum Gasteiger partial charge on any atom is 0.119 e. The van der Waals surface area contributed by atoms with E-state index in [-0.39, 0.29) is 0 Å². The fourth-order valence-corrected chi connectivity index (χ4v) is 5.41. The first-order valence-corrected chi connectivity index (χ1v) is 11.5. The topological polar surface area (TPSA) is 15.7 Å². The number of ether oxygens (including phenoxy) is 1. The quantitative estimate of drug-likeness (QED) is 0.569. The molecule has 3 aromatic rings. The molecule has 0 spiro atoms. The molecule has 2 aliphatic rings. The monoisotopic (exact) mass is 412 g/mol. The average Bonchev–Trinajstić information content (AvgIpc) is 3.21. The van der Waals surface area contributed by atoms with Gasteiger partial charge in [-0.05, 0) is 46.7 Å². The van der Waals surface area contributed by atoms with Crippen molar-refractivity contribution in [1.29, 1.82) is 0 Å². The Morgan fingerprint density at radius 2 is 1.65 bits per heavy atom. The third-order valence-electron chi connectivity index (χ3n) is 6.99. The molecule has 2 atom stereocenters. The summed E-state index contributed by atoms with van der Waals surface area (Å²) in [4.78, 5) is 5.31. The normalized spacial score (nSPS) is 21.7. The molecule has 0 N–H and O–H groups in total. The molecule has 1 fully saturated rings. The number of likely N-dealkylation sites (tertiary alicyclic amines) is 1. The van der Waals surface area contributed by atoms with Crippen LogP contribution in [0.25, 0.3) is 0 Å². The summed E-state index contributed by atoms with van der Waals surface area (Å²) in [6.45, 7) is 6.68. The lowest BCUT2D eigenvalue weighted by atomic mass is 9.87. The molecule has 3 heteroatoms. The van der Waals surface area contributed by atoms with Crippen LogP contribution < -0.4 is 4.74 Å². The van der Waals surface area contributed by atoms with Crippen LogP contribution in [0.4, 0.5) is 0 Å². The van der Waals surface area contributed by atoms with Crippen LogP contribution in [0, 0.1) is 5.92 Å². The van der Waals surface area contributed by atoms with Gasteiger partial charge in [-0.15, -0.1) is 0 Å². The summed E-state index contributed by atoms with van der Waals surface area (Å²) < 4.78 is 5.54. The molecule has 0 aromatic heterocycles. The molecule has 160 valence electrons. The molecule has 0 amide bonds. The molecular weight excluding hydrogens is 380 g/mol. The SMILES string of the molecule is COc1cccc(C2CN(Cc3ccccc3)CC2CN2CCc3ccccc3C2)c1. The van der Waals surface area contributed by atoms with Crippen LogP contribution in [0.1, 0.15) is 28.2 Å². The van der Waals surface area contributed by atoms with E-state index in [1.54, 1.807) is 7.11 Å². The largest absolute Gasteiger partial charge is 0.497 e. The molecule has 5 rings (SSSR count). The summed E-state index contributed by atoms with van der Waals surface area (Å²) in [6, 6.07) is 28.6. The first-order valence-electron chi connectivity index (χ1n) is 11.5. The van der Waals surface area contributed by atoms with Crippen molar-refractivity contribution in [3.63, 3.8) is 0 Å². The van der Waals surface area contributed by atoms with Crippen molar-refractivity contribution in [2.45, 2.75) is 25.4 Å². The maximum atomic E-state index is 5.54. The molecule has 2 aliphatic heterocycles. The van der Waals surface area contributed by atoms with Gasteiger partial charge in [-0.25, -0.2) is 0 Å². The van der Waals surface area contributed by atoms with Crippen LogP contribution in [0.2, 0.25) is 0 Å². The van der Waals surface area contributed by atoms with E-state index in [2.05, 4.69) is 88.7 Å². The summed E-state index contributed by atoms with van der Waals surface area (Å²) in [6.07, 6.45) is 1.17. The van der Waals surface area contributed by atoms with E-state index < -0.39 is 0 Å². The Labute approximate surface area is 186 Å². The van der Waals surface area contributed by atoms with Crippen molar-refractivity contribution in [1.82, 2.24) is 9.80 Å². The van der Waals surface area contributed by atoms with Gasteiger partial charge in [-0.2, -0.15) is 0 Å². The summed E-state index contributed by atoms with van der Waals surface area (Å²) >= 11 is 0. The Morgan fingerprint density at radius 3 is 2.48 bits per heavy atom. The zero-order valence-corrected chi connectivity index (χ0v) is 18.4. The number of nitrogens with zero attached hydrogens (tertiary/aromatic N) is 2. The summed E-state index contributed by atoms with van der Waals surface area (Å²) in [7, 11) is 1.76. The van der Waals surface area contributed by atoms with Gasteiger partial charge in [0.25, 0.3) is 0 Å². The third-order valence-corrected chi connectivity index (χ3v) is 6.99. The van der Waals surface area contributed by atoms with Crippen LogP contribution >= 0.6 is 0 Å². The zero-order valence-electron chi connectivity index (χ0n) is 18.4. The molecular formula is C28H32N2O. The van der Waals surface area contributed by atoms with Gasteiger partial charge in [0.05, 0.1) is 7.11 Å². The molecule has 1 saturated heterocycles. The van der Waals surface area contributed by atoms with Gasteiger partial charge in [0.2, 0.25) is 0 Å². The van der Waals surface area contributed by atoms with E-state index >= 15 is 0 Å². The van der Waals surface area contributed by atoms with E-state index in [9.17, 15) is 0 Å². The van der Waals surface area contributed by atoms with Crippen LogP contribution in [0.5, 0.6) is 5.75 Å². The second kappa shape index (κ2) is 9.25. The minimum atomic E-state index is 0.538. The van der Waals surface area contributed by atoms with Crippen molar-refractivity contribution in [3.8, 4) is 5.75 Å². The van der Waals surface area contributed by atoms with Crippen molar-refractivity contribution in [2.24, 2.45) is 5.92 Å². The standard InChI is InChI=1S/C28H32N2O/c1-31-27-13-7-12-24(16-27)28-21-30(17-22-8-3-2-4-9-22)20-26(28)19-29-15-14-23-10-5-6-11-25(23)18-29/h2-13,16,26,28H,14-15,17-21H2,1H3.